The van der Waals surface area contributed by atoms with Crippen LogP contribution in [-0.2, 0) is 9.53 Å². The molecule has 0 heterocycles. The lowest BCUT2D eigenvalue weighted by Crippen LogP contribution is -2.18. The molecule has 2 heteroatoms. The summed E-state index contributed by atoms with van der Waals surface area (Å²) in [5, 5.41) is 0. The van der Waals surface area contributed by atoms with E-state index in [0.29, 0.717) is 6.61 Å². The molecule has 0 aliphatic heterocycles. The molecule has 0 fully saturated rings. The highest BCUT2D eigenvalue weighted by Gasteiger charge is 2.19. The Labute approximate surface area is 164 Å². The Morgan fingerprint density at radius 2 is 0.962 bits per heavy atom. The van der Waals surface area contributed by atoms with Crippen molar-refractivity contribution in [3.05, 3.63) is 0 Å². The number of ether oxygens (including phenoxy) is 1. The molecule has 0 aliphatic carbocycles. The van der Waals surface area contributed by atoms with Crippen molar-refractivity contribution in [3.8, 4) is 0 Å². The summed E-state index contributed by atoms with van der Waals surface area (Å²) in [6.45, 7) is 7.35. The van der Waals surface area contributed by atoms with Crippen LogP contribution in [0, 0.1) is 5.92 Å². The zero-order chi connectivity index (χ0) is 19.3. The average Bonchev–Trinajstić information content (AvgIpc) is 2.65. The van der Waals surface area contributed by atoms with Gasteiger partial charge in [-0.3, -0.25) is 4.79 Å². The highest BCUT2D eigenvalue weighted by atomic mass is 16.5. The first-order chi connectivity index (χ1) is 12.8. The fraction of sp³-hybridized carbons (Fsp3) is 0.958. The van der Waals surface area contributed by atoms with E-state index < -0.39 is 0 Å². The van der Waals surface area contributed by atoms with E-state index >= 15 is 0 Å². The van der Waals surface area contributed by atoms with Crippen LogP contribution in [0.4, 0.5) is 0 Å². The molecule has 0 radical (unpaired) electrons. The average molecular weight is 369 g/mol. The SMILES string of the molecule is CCCCCCCCC(CCCCCCCC)C(=O)OCCCCCC. The van der Waals surface area contributed by atoms with E-state index in [2.05, 4.69) is 20.8 Å². The Morgan fingerprint density at radius 1 is 0.577 bits per heavy atom. The van der Waals surface area contributed by atoms with E-state index in [1.54, 1.807) is 0 Å². The summed E-state index contributed by atoms with van der Waals surface area (Å²) < 4.78 is 5.60. The van der Waals surface area contributed by atoms with E-state index in [4.69, 9.17) is 4.74 Å². The van der Waals surface area contributed by atoms with Gasteiger partial charge in [0.2, 0.25) is 0 Å². The predicted molar refractivity (Wildman–Crippen MR) is 115 cm³/mol. The van der Waals surface area contributed by atoms with Crippen molar-refractivity contribution >= 4 is 5.97 Å². The molecule has 0 saturated carbocycles. The summed E-state index contributed by atoms with van der Waals surface area (Å²) in [7, 11) is 0. The standard InChI is InChI=1S/C24H48O2/c1-4-7-10-13-15-17-20-23(21-18-16-14-11-8-5-2)24(25)26-22-19-12-9-6-3/h23H,4-22H2,1-3H3. The van der Waals surface area contributed by atoms with Crippen molar-refractivity contribution in [1.82, 2.24) is 0 Å². The molecule has 0 atom stereocenters. The number of carbonyl (C=O) groups is 1. The Bertz CT molecular complexity index is 272. The van der Waals surface area contributed by atoms with Crippen LogP contribution < -0.4 is 0 Å². The minimum absolute atomic E-state index is 0.0867. The maximum Gasteiger partial charge on any atom is 0.308 e. The number of esters is 1. The van der Waals surface area contributed by atoms with Crippen LogP contribution in [0.25, 0.3) is 0 Å². The van der Waals surface area contributed by atoms with E-state index in [1.807, 2.05) is 0 Å². The van der Waals surface area contributed by atoms with Gasteiger partial charge >= 0.3 is 5.97 Å². The topological polar surface area (TPSA) is 26.3 Å². The van der Waals surface area contributed by atoms with Crippen molar-refractivity contribution in [2.75, 3.05) is 6.61 Å². The first kappa shape index (κ1) is 25.5. The molecule has 0 aromatic carbocycles. The second-order valence-electron chi connectivity index (χ2n) is 8.04. The summed E-state index contributed by atoms with van der Waals surface area (Å²) in [6, 6.07) is 0. The molecule has 0 aromatic rings. The van der Waals surface area contributed by atoms with Crippen LogP contribution in [0.1, 0.15) is 136 Å². The fourth-order valence-corrected chi connectivity index (χ4v) is 3.54. The largest absolute Gasteiger partial charge is 0.465 e. The van der Waals surface area contributed by atoms with Crippen molar-refractivity contribution in [3.63, 3.8) is 0 Å². The Kier molecular flexibility index (Phi) is 20.4. The second kappa shape index (κ2) is 20.8. The normalized spacial score (nSPS) is 11.2. The van der Waals surface area contributed by atoms with Gasteiger partial charge in [-0.05, 0) is 19.3 Å². The zero-order valence-corrected chi connectivity index (χ0v) is 18.3. The zero-order valence-electron chi connectivity index (χ0n) is 18.3. The number of hydrogen-bond acceptors (Lipinski definition) is 2. The predicted octanol–water partition coefficient (Wildman–Crippen LogP) is 8.23. The quantitative estimate of drug-likeness (QED) is 0.160. The summed E-state index contributed by atoms with van der Waals surface area (Å²) in [5.74, 6) is 0.238. The van der Waals surface area contributed by atoms with Gasteiger partial charge in [-0.25, -0.2) is 0 Å². The second-order valence-corrected chi connectivity index (χ2v) is 8.04. The van der Waals surface area contributed by atoms with Crippen LogP contribution in [0.5, 0.6) is 0 Å². The van der Waals surface area contributed by atoms with Gasteiger partial charge in [0.1, 0.15) is 0 Å². The lowest BCUT2D eigenvalue weighted by Gasteiger charge is -2.16. The number of unbranched alkanes of at least 4 members (excludes halogenated alkanes) is 13. The highest BCUT2D eigenvalue weighted by molar-refractivity contribution is 5.72. The summed E-state index contributed by atoms with van der Waals surface area (Å²) in [4.78, 5) is 12.5. The van der Waals surface area contributed by atoms with Crippen molar-refractivity contribution in [1.29, 1.82) is 0 Å². The van der Waals surface area contributed by atoms with Crippen LogP contribution in [0.3, 0.4) is 0 Å². The molecule has 0 N–H and O–H groups in total. The van der Waals surface area contributed by atoms with Gasteiger partial charge in [0, 0.05) is 0 Å². The number of rotatable bonds is 20. The van der Waals surface area contributed by atoms with Gasteiger partial charge in [-0.15, -0.1) is 0 Å². The minimum Gasteiger partial charge on any atom is -0.465 e. The molecular weight excluding hydrogens is 320 g/mol. The number of hydrogen-bond donors (Lipinski definition) is 0. The highest BCUT2D eigenvalue weighted by Crippen LogP contribution is 2.21. The van der Waals surface area contributed by atoms with E-state index in [-0.39, 0.29) is 11.9 Å². The van der Waals surface area contributed by atoms with E-state index in [0.717, 1.165) is 19.3 Å². The first-order valence-electron chi connectivity index (χ1n) is 11.9. The molecule has 0 spiro atoms. The lowest BCUT2D eigenvalue weighted by atomic mass is 9.94. The summed E-state index contributed by atoms with van der Waals surface area (Å²) in [5.41, 5.74) is 0. The molecule has 0 aromatic heterocycles. The summed E-state index contributed by atoms with van der Waals surface area (Å²) >= 11 is 0. The number of carbonyl (C=O) groups excluding carboxylic acids is 1. The van der Waals surface area contributed by atoms with Crippen LogP contribution in [0.15, 0.2) is 0 Å². The van der Waals surface area contributed by atoms with Crippen molar-refractivity contribution in [2.24, 2.45) is 5.92 Å². The molecule has 0 aliphatic rings. The molecule has 0 rings (SSSR count). The molecule has 26 heavy (non-hydrogen) atoms. The Morgan fingerprint density at radius 3 is 1.42 bits per heavy atom. The van der Waals surface area contributed by atoms with Crippen molar-refractivity contribution in [2.45, 2.75) is 136 Å². The molecular formula is C24H48O2. The lowest BCUT2D eigenvalue weighted by molar-refractivity contribution is -0.149. The van der Waals surface area contributed by atoms with E-state index in [1.165, 1.54) is 96.3 Å². The monoisotopic (exact) mass is 368 g/mol. The van der Waals surface area contributed by atoms with Gasteiger partial charge in [0.25, 0.3) is 0 Å². The maximum absolute atomic E-state index is 12.5. The molecule has 0 unspecified atom stereocenters. The smallest absolute Gasteiger partial charge is 0.308 e. The molecule has 0 amide bonds. The van der Waals surface area contributed by atoms with Crippen molar-refractivity contribution < 1.29 is 9.53 Å². The summed E-state index contributed by atoms with van der Waals surface area (Å²) in [6.07, 6.45) is 22.3. The third-order valence-electron chi connectivity index (χ3n) is 5.39. The Balaban J connectivity index is 4.02. The fourth-order valence-electron chi connectivity index (χ4n) is 3.54. The van der Waals surface area contributed by atoms with Crippen LogP contribution in [0.2, 0.25) is 0 Å². The maximum atomic E-state index is 12.5. The molecule has 0 bridgehead atoms. The third-order valence-corrected chi connectivity index (χ3v) is 5.39. The third kappa shape index (κ3) is 16.9. The van der Waals surface area contributed by atoms with Gasteiger partial charge in [-0.1, -0.05) is 117 Å². The van der Waals surface area contributed by atoms with E-state index in [9.17, 15) is 4.79 Å². The molecule has 0 saturated heterocycles. The van der Waals surface area contributed by atoms with Crippen LogP contribution in [-0.4, -0.2) is 12.6 Å². The van der Waals surface area contributed by atoms with Gasteiger partial charge in [0.05, 0.1) is 12.5 Å². The molecule has 156 valence electrons. The van der Waals surface area contributed by atoms with Gasteiger partial charge in [-0.2, -0.15) is 0 Å². The van der Waals surface area contributed by atoms with Gasteiger partial charge in [0.15, 0.2) is 0 Å². The Hall–Kier alpha value is -0.530. The molecule has 2 nitrogen and oxygen atoms in total. The van der Waals surface area contributed by atoms with Gasteiger partial charge < -0.3 is 4.74 Å². The first-order valence-corrected chi connectivity index (χ1v) is 11.9. The van der Waals surface area contributed by atoms with Crippen LogP contribution >= 0.6 is 0 Å². The minimum atomic E-state index is 0.0867.